The minimum Gasteiger partial charge on any atom is -0.467 e. The second kappa shape index (κ2) is 5.92. The van der Waals surface area contributed by atoms with Crippen molar-refractivity contribution in [2.75, 3.05) is 6.54 Å². The Hall–Kier alpha value is -1.78. The third kappa shape index (κ3) is 2.82. The zero-order valence-corrected chi connectivity index (χ0v) is 12.5. The van der Waals surface area contributed by atoms with Crippen molar-refractivity contribution in [3.63, 3.8) is 0 Å². The molecule has 1 aromatic rings. The van der Waals surface area contributed by atoms with Gasteiger partial charge >= 0.3 is 0 Å². The van der Waals surface area contributed by atoms with Crippen LogP contribution in [-0.2, 0) is 16.1 Å². The highest BCUT2D eigenvalue weighted by Gasteiger charge is 2.39. The van der Waals surface area contributed by atoms with Gasteiger partial charge in [0.2, 0.25) is 11.8 Å². The maximum Gasteiger partial charge on any atom is 0.245 e. The molecule has 2 unspecified atom stereocenters. The van der Waals surface area contributed by atoms with Gasteiger partial charge in [-0.1, -0.05) is 0 Å². The normalized spacial score (nSPS) is 26.4. The molecule has 2 saturated heterocycles. The molecule has 0 saturated carbocycles. The first-order chi connectivity index (χ1) is 10.2. The van der Waals surface area contributed by atoms with Gasteiger partial charge in [0.15, 0.2) is 0 Å². The largest absolute Gasteiger partial charge is 0.467 e. The quantitative estimate of drug-likeness (QED) is 0.857. The van der Waals surface area contributed by atoms with Crippen LogP contribution in [0.2, 0.25) is 0 Å². The Balaban J connectivity index is 1.73. The van der Waals surface area contributed by atoms with E-state index in [0.29, 0.717) is 19.4 Å². The standard InChI is InChI=1S/C16H22N2O3/c1-12-5-2-3-9-17(12)16(20)14-7-8-15(19)18(14)11-13-6-4-10-21-13/h4,6,10,12,14H,2-3,5,7-9,11H2,1H3. The highest BCUT2D eigenvalue weighted by molar-refractivity contribution is 5.91. The Kier molecular flexibility index (Phi) is 3.99. The van der Waals surface area contributed by atoms with E-state index in [1.54, 1.807) is 17.2 Å². The molecule has 2 fully saturated rings. The summed E-state index contributed by atoms with van der Waals surface area (Å²) >= 11 is 0. The minimum atomic E-state index is -0.317. The minimum absolute atomic E-state index is 0.0504. The number of rotatable bonds is 3. The first kappa shape index (κ1) is 14.2. The van der Waals surface area contributed by atoms with Gasteiger partial charge in [-0.05, 0) is 44.7 Å². The molecule has 3 heterocycles. The van der Waals surface area contributed by atoms with Crippen molar-refractivity contribution in [1.82, 2.24) is 9.80 Å². The molecule has 0 spiro atoms. The third-order valence-electron chi connectivity index (χ3n) is 4.61. The SMILES string of the molecule is CC1CCCCN1C(=O)C1CCC(=O)N1Cc1ccco1. The lowest BCUT2D eigenvalue weighted by Gasteiger charge is -2.37. The van der Waals surface area contributed by atoms with E-state index in [4.69, 9.17) is 4.42 Å². The second-order valence-electron chi connectivity index (χ2n) is 6.03. The number of furan rings is 1. The molecule has 0 radical (unpaired) electrons. The molecular formula is C16H22N2O3. The fraction of sp³-hybridized carbons (Fsp3) is 0.625. The number of carbonyl (C=O) groups excluding carboxylic acids is 2. The first-order valence-corrected chi connectivity index (χ1v) is 7.79. The maximum atomic E-state index is 12.8. The van der Waals surface area contributed by atoms with Crippen LogP contribution in [0.15, 0.2) is 22.8 Å². The molecule has 5 heteroatoms. The summed E-state index contributed by atoms with van der Waals surface area (Å²) in [5.74, 6) is 0.892. The summed E-state index contributed by atoms with van der Waals surface area (Å²) in [6.45, 7) is 3.31. The van der Waals surface area contributed by atoms with Crippen LogP contribution in [0, 0.1) is 0 Å². The van der Waals surface area contributed by atoms with E-state index >= 15 is 0 Å². The van der Waals surface area contributed by atoms with Crippen LogP contribution in [0.1, 0.15) is 44.8 Å². The van der Waals surface area contributed by atoms with E-state index < -0.39 is 0 Å². The van der Waals surface area contributed by atoms with Crippen molar-refractivity contribution >= 4 is 11.8 Å². The summed E-state index contributed by atoms with van der Waals surface area (Å²) < 4.78 is 5.32. The van der Waals surface area contributed by atoms with Crippen molar-refractivity contribution in [2.24, 2.45) is 0 Å². The molecule has 114 valence electrons. The molecule has 2 amide bonds. The van der Waals surface area contributed by atoms with E-state index in [1.807, 2.05) is 11.0 Å². The van der Waals surface area contributed by atoms with E-state index in [9.17, 15) is 9.59 Å². The van der Waals surface area contributed by atoms with Crippen LogP contribution in [0.3, 0.4) is 0 Å². The summed E-state index contributed by atoms with van der Waals surface area (Å²) in [6, 6.07) is 3.62. The second-order valence-corrected chi connectivity index (χ2v) is 6.03. The Labute approximate surface area is 124 Å². The van der Waals surface area contributed by atoms with Gasteiger partial charge in [0, 0.05) is 19.0 Å². The fourth-order valence-corrected chi connectivity index (χ4v) is 3.38. The molecule has 2 aliphatic heterocycles. The molecule has 0 aromatic carbocycles. The van der Waals surface area contributed by atoms with Crippen LogP contribution in [0.5, 0.6) is 0 Å². The zero-order valence-electron chi connectivity index (χ0n) is 12.5. The van der Waals surface area contributed by atoms with Gasteiger partial charge in [-0.25, -0.2) is 0 Å². The van der Waals surface area contributed by atoms with Crippen LogP contribution in [-0.4, -0.2) is 40.2 Å². The lowest BCUT2D eigenvalue weighted by atomic mass is 10.0. The number of carbonyl (C=O) groups is 2. The van der Waals surface area contributed by atoms with Gasteiger partial charge in [0.05, 0.1) is 12.8 Å². The first-order valence-electron chi connectivity index (χ1n) is 7.79. The van der Waals surface area contributed by atoms with Crippen molar-refractivity contribution in [1.29, 1.82) is 0 Å². The van der Waals surface area contributed by atoms with E-state index in [-0.39, 0.29) is 23.9 Å². The lowest BCUT2D eigenvalue weighted by molar-refractivity contribution is -0.144. The molecule has 2 aliphatic rings. The maximum absolute atomic E-state index is 12.8. The summed E-state index contributed by atoms with van der Waals surface area (Å²) in [6.07, 6.45) is 5.99. The van der Waals surface area contributed by atoms with Crippen molar-refractivity contribution in [3.8, 4) is 0 Å². The van der Waals surface area contributed by atoms with Gasteiger partial charge in [0.1, 0.15) is 11.8 Å². The van der Waals surface area contributed by atoms with Gasteiger partial charge in [-0.15, -0.1) is 0 Å². The van der Waals surface area contributed by atoms with Gasteiger partial charge in [-0.2, -0.15) is 0 Å². The topological polar surface area (TPSA) is 53.8 Å². The molecule has 0 N–H and O–H groups in total. The Bertz CT molecular complexity index is 512. The molecule has 21 heavy (non-hydrogen) atoms. The molecule has 0 bridgehead atoms. The number of hydrogen-bond acceptors (Lipinski definition) is 3. The summed E-state index contributed by atoms with van der Waals surface area (Å²) in [4.78, 5) is 28.5. The lowest BCUT2D eigenvalue weighted by Crippen LogP contribution is -2.51. The average molecular weight is 290 g/mol. The van der Waals surface area contributed by atoms with Gasteiger partial charge < -0.3 is 14.2 Å². The monoisotopic (exact) mass is 290 g/mol. The predicted octanol–water partition coefficient (Wildman–Crippen LogP) is 2.17. The van der Waals surface area contributed by atoms with Crippen LogP contribution >= 0.6 is 0 Å². The Morgan fingerprint density at radius 3 is 2.95 bits per heavy atom. The molecule has 0 aliphatic carbocycles. The smallest absolute Gasteiger partial charge is 0.245 e. The fourth-order valence-electron chi connectivity index (χ4n) is 3.38. The summed E-state index contributed by atoms with van der Waals surface area (Å²) in [5.41, 5.74) is 0. The molecular weight excluding hydrogens is 268 g/mol. The van der Waals surface area contributed by atoms with Crippen LogP contribution < -0.4 is 0 Å². The van der Waals surface area contributed by atoms with E-state index in [0.717, 1.165) is 25.1 Å². The number of likely N-dealkylation sites (tertiary alicyclic amines) is 2. The van der Waals surface area contributed by atoms with Crippen molar-refractivity contribution in [3.05, 3.63) is 24.2 Å². The highest BCUT2D eigenvalue weighted by atomic mass is 16.3. The molecule has 3 rings (SSSR count). The number of piperidine rings is 1. The third-order valence-corrected chi connectivity index (χ3v) is 4.61. The molecule has 2 atom stereocenters. The Morgan fingerprint density at radius 1 is 1.38 bits per heavy atom. The Morgan fingerprint density at radius 2 is 2.24 bits per heavy atom. The van der Waals surface area contributed by atoms with Crippen LogP contribution in [0.4, 0.5) is 0 Å². The number of nitrogens with zero attached hydrogens (tertiary/aromatic N) is 2. The van der Waals surface area contributed by atoms with Gasteiger partial charge in [-0.3, -0.25) is 9.59 Å². The average Bonchev–Trinajstić information content (AvgIpc) is 3.11. The van der Waals surface area contributed by atoms with Crippen LogP contribution in [0.25, 0.3) is 0 Å². The highest BCUT2D eigenvalue weighted by Crippen LogP contribution is 2.26. The number of hydrogen-bond donors (Lipinski definition) is 0. The summed E-state index contributed by atoms with van der Waals surface area (Å²) in [7, 11) is 0. The van der Waals surface area contributed by atoms with Gasteiger partial charge in [0.25, 0.3) is 0 Å². The van der Waals surface area contributed by atoms with E-state index in [1.165, 1.54) is 6.42 Å². The summed E-state index contributed by atoms with van der Waals surface area (Å²) in [5, 5.41) is 0. The van der Waals surface area contributed by atoms with Crippen molar-refractivity contribution < 1.29 is 14.0 Å². The zero-order chi connectivity index (χ0) is 14.8. The van der Waals surface area contributed by atoms with Crippen molar-refractivity contribution in [2.45, 2.75) is 57.7 Å². The number of amides is 2. The van der Waals surface area contributed by atoms with E-state index in [2.05, 4.69) is 6.92 Å². The molecule has 5 nitrogen and oxygen atoms in total. The molecule has 1 aromatic heterocycles. The predicted molar refractivity (Wildman–Crippen MR) is 77.3 cm³/mol.